The topological polar surface area (TPSA) is 99.2 Å². The van der Waals surface area contributed by atoms with Gasteiger partial charge in [-0.1, -0.05) is 53.4 Å². The maximum absolute atomic E-state index is 13.2. The van der Waals surface area contributed by atoms with Crippen LogP contribution in [0.5, 0.6) is 0 Å². The maximum atomic E-state index is 13.2. The second-order valence-electron chi connectivity index (χ2n) is 11.6. The molecule has 8 nitrogen and oxygen atoms in total. The predicted molar refractivity (Wildman–Crippen MR) is 147 cm³/mol. The Morgan fingerprint density at radius 2 is 1.71 bits per heavy atom. The van der Waals surface area contributed by atoms with E-state index in [9.17, 15) is 19.2 Å². The van der Waals surface area contributed by atoms with Crippen molar-refractivity contribution >= 4 is 23.8 Å². The molecule has 0 bridgehead atoms. The third-order valence-electron chi connectivity index (χ3n) is 8.16. The highest BCUT2D eigenvalue weighted by Crippen LogP contribution is 2.43. The quantitative estimate of drug-likeness (QED) is 0.173. The molecule has 1 amide bonds. The molecule has 1 rings (SSSR count). The van der Waals surface area contributed by atoms with Crippen LogP contribution in [-0.4, -0.2) is 62.1 Å². The molecule has 4 atom stereocenters. The number of esters is 3. The Hall–Kier alpha value is -2.12. The van der Waals surface area contributed by atoms with Gasteiger partial charge in [-0.15, -0.1) is 0 Å². The van der Waals surface area contributed by atoms with Gasteiger partial charge in [0.25, 0.3) is 0 Å². The molecule has 0 aromatic heterocycles. The van der Waals surface area contributed by atoms with Crippen molar-refractivity contribution in [2.75, 3.05) is 33.4 Å². The molecule has 0 saturated carbocycles. The summed E-state index contributed by atoms with van der Waals surface area (Å²) < 4.78 is 16.4. The molecule has 0 aromatic carbocycles. The summed E-state index contributed by atoms with van der Waals surface area (Å²) in [5.74, 6) is -1.37. The van der Waals surface area contributed by atoms with Crippen molar-refractivity contribution in [3.8, 4) is 0 Å². The Bertz CT molecular complexity index is 770. The number of rotatable bonds is 17. The molecule has 4 unspecified atom stereocenters. The number of carbonyl (C=O) groups is 4. The van der Waals surface area contributed by atoms with Crippen LogP contribution in [0.4, 0.5) is 0 Å². The first-order valence-corrected chi connectivity index (χ1v) is 14.7. The van der Waals surface area contributed by atoms with Crippen LogP contribution in [0.3, 0.4) is 0 Å². The van der Waals surface area contributed by atoms with Gasteiger partial charge < -0.3 is 19.1 Å². The molecule has 8 heteroatoms. The molecule has 38 heavy (non-hydrogen) atoms. The first-order chi connectivity index (χ1) is 18.0. The van der Waals surface area contributed by atoms with Crippen molar-refractivity contribution in [1.29, 1.82) is 0 Å². The van der Waals surface area contributed by atoms with Gasteiger partial charge in [-0.05, 0) is 58.3 Å². The number of unbranched alkanes of at least 4 members (excludes halogenated alkanes) is 1. The Labute approximate surface area is 230 Å². The van der Waals surface area contributed by atoms with Gasteiger partial charge in [-0.2, -0.15) is 0 Å². The van der Waals surface area contributed by atoms with E-state index in [0.29, 0.717) is 38.5 Å². The normalized spacial score (nSPS) is 18.9. The number of hydrogen-bond donors (Lipinski definition) is 0. The van der Waals surface area contributed by atoms with E-state index in [2.05, 4.69) is 13.8 Å². The fourth-order valence-electron chi connectivity index (χ4n) is 5.38. The molecule has 1 aliphatic rings. The van der Waals surface area contributed by atoms with E-state index in [1.807, 2.05) is 13.8 Å². The fraction of sp³-hybridized carbons (Fsp3) is 0.867. The Morgan fingerprint density at radius 3 is 2.32 bits per heavy atom. The number of nitrogens with zero attached hydrogens (tertiary/aromatic N) is 1. The van der Waals surface area contributed by atoms with E-state index in [1.54, 1.807) is 18.7 Å². The fourth-order valence-corrected chi connectivity index (χ4v) is 5.38. The number of carbonyl (C=O) groups excluding carboxylic acids is 4. The second-order valence-corrected chi connectivity index (χ2v) is 11.6. The summed E-state index contributed by atoms with van der Waals surface area (Å²) in [7, 11) is 1.32. The smallest absolute Gasteiger partial charge is 0.311 e. The Morgan fingerprint density at radius 1 is 1.00 bits per heavy atom. The van der Waals surface area contributed by atoms with E-state index in [4.69, 9.17) is 14.2 Å². The lowest BCUT2D eigenvalue weighted by molar-refractivity contribution is -0.165. The molecule has 0 spiro atoms. The summed E-state index contributed by atoms with van der Waals surface area (Å²) in [5, 5.41) is 0. The van der Waals surface area contributed by atoms with E-state index in [1.165, 1.54) is 7.11 Å². The first-order valence-electron chi connectivity index (χ1n) is 14.7. The summed E-state index contributed by atoms with van der Waals surface area (Å²) in [6.07, 6.45) is 8.49. The average molecular weight is 540 g/mol. The number of likely N-dealkylation sites (tertiary alicyclic amines) is 1. The van der Waals surface area contributed by atoms with Gasteiger partial charge >= 0.3 is 17.9 Å². The van der Waals surface area contributed by atoms with Crippen LogP contribution in [0.25, 0.3) is 0 Å². The molecule has 0 N–H and O–H groups in total. The maximum Gasteiger partial charge on any atom is 0.311 e. The van der Waals surface area contributed by atoms with Crippen LogP contribution in [0.1, 0.15) is 112 Å². The number of amides is 1. The van der Waals surface area contributed by atoms with Gasteiger partial charge in [0.05, 0.1) is 37.0 Å². The van der Waals surface area contributed by atoms with Crippen molar-refractivity contribution in [2.24, 2.45) is 22.7 Å². The summed E-state index contributed by atoms with van der Waals surface area (Å²) in [4.78, 5) is 53.0. The van der Waals surface area contributed by atoms with Crippen molar-refractivity contribution < 1.29 is 33.4 Å². The van der Waals surface area contributed by atoms with Crippen molar-refractivity contribution in [3.05, 3.63) is 0 Å². The number of hydrogen-bond acceptors (Lipinski definition) is 7. The lowest BCUT2D eigenvalue weighted by Gasteiger charge is -2.37. The van der Waals surface area contributed by atoms with Crippen molar-refractivity contribution in [3.63, 3.8) is 0 Å². The Balaban J connectivity index is 2.82. The summed E-state index contributed by atoms with van der Waals surface area (Å²) >= 11 is 0. The largest absolute Gasteiger partial charge is 0.469 e. The van der Waals surface area contributed by atoms with E-state index >= 15 is 0 Å². The van der Waals surface area contributed by atoms with Gasteiger partial charge in [0.2, 0.25) is 5.91 Å². The summed E-state index contributed by atoms with van der Waals surface area (Å²) in [6, 6.07) is 0. The standard InChI is InChI=1S/C30H53NO7/c1-8-11-15-24(9-2)21-38-28(35)29(5,10-3)22-30(6,27(34)36-7)20-23(4)26(33)37-19-18-31-17-14-12-13-16-25(31)32/h23-24H,8-22H2,1-7H3. The van der Waals surface area contributed by atoms with E-state index in [0.717, 1.165) is 44.9 Å². The molecular weight excluding hydrogens is 486 g/mol. The van der Waals surface area contributed by atoms with E-state index in [-0.39, 0.29) is 31.3 Å². The van der Waals surface area contributed by atoms with Crippen LogP contribution in [0, 0.1) is 22.7 Å². The first kappa shape index (κ1) is 33.9. The lowest BCUT2D eigenvalue weighted by atomic mass is 9.68. The van der Waals surface area contributed by atoms with Crippen molar-refractivity contribution in [2.45, 2.75) is 112 Å². The molecular formula is C30H53NO7. The SMILES string of the molecule is CCCCC(CC)COC(=O)C(C)(CC)CC(C)(CC(C)C(=O)OCCN1CCCCCC1=O)C(=O)OC. The second kappa shape index (κ2) is 16.8. The molecule has 1 fully saturated rings. The van der Waals surface area contributed by atoms with Crippen LogP contribution in [0.15, 0.2) is 0 Å². The minimum Gasteiger partial charge on any atom is -0.469 e. The third kappa shape index (κ3) is 10.6. The summed E-state index contributed by atoms with van der Waals surface area (Å²) in [6.45, 7) is 13.0. The molecule has 0 aliphatic carbocycles. The molecule has 220 valence electrons. The van der Waals surface area contributed by atoms with Crippen LogP contribution in [-0.2, 0) is 33.4 Å². The van der Waals surface area contributed by atoms with Gasteiger partial charge in [-0.25, -0.2) is 0 Å². The highest BCUT2D eigenvalue weighted by Gasteiger charge is 2.47. The van der Waals surface area contributed by atoms with Crippen molar-refractivity contribution in [1.82, 2.24) is 4.90 Å². The van der Waals surface area contributed by atoms with E-state index < -0.39 is 28.7 Å². The van der Waals surface area contributed by atoms with Gasteiger partial charge in [0.1, 0.15) is 6.61 Å². The average Bonchev–Trinajstić information content (AvgIpc) is 3.11. The number of ether oxygens (including phenoxy) is 3. The minimum absolute atomic E-state index is 0.103. The summed E-state index contributed by atoms with van der Waals surface area (Å²) in [5.41, 5.74) is -1.98. The van der Waals surface area contributed by atoms with Gasteiger partial charge in [0, 0.05) is 13.0 Å². The zero-order valence-corrected chi connectivity index (χ0v) is 25.1. The van der Waals surface area contributed by atoms with Gasteiger partial charge in [0.15, 0.2) is 0 Å². The van der Waals surface area contributed by atoms with Crippen LogP contribution < -0.4 is 0 Å². The zero-order chi connectivity index (χ0) is 28.8. The lowest BCUT2D eigenvalue weighted by Crippen LogP contribution is -2.42. The molecule has 1 aliphatic heterocycles. The molecule has 0 aromatic rings. The monoisotopic (exact) mass is 539 g/mol. The highest BCUT2D eigenvalue weighted by molar-refractivity contribution is 5.81. The molecule has 0 radical (unpaired) electrons. The predicted octanol–water partition coefficient (Wildman–Crippen LogP) is 5.70. The number of methoxy groups -OCH3 is 1. The zero-order valence-electron chi connectivity index (χ0n) is 25.1. The molecule has 1 heterocycles. The van der Waals surface area contributed by atoms with Crippen LogP contribution >= 0.6 is 0 Å². The van der Waals surface area contributed by atoms with Gasteiger partial charge in [-0.3, -0.25) is 19.2 Å². The molecule has 1 saturated heterocycles. The Kier molecular flexibility index (Phi) is 15.0. The highest BCUT2D eigenvalue weighted by atomic mass is 16.5. The van der Waals surface area contributed by atoms with Crippen LogP contribution in [0.2, 0.25) is 0 Å². The minimum atomic E-state index is -1.08. The third-order valence-corrected chi connectivity index (χ3v) is 8.16.